The van der Waals surface area contributed by atoms with E-state index in [0.29, 0.717) is 0 Å². The van der Waals surface area contributed by atoms with Crippen molar-refractivity contribution >= 4 is 5.71 Å². The maximum atomic E-state index is 4.38. The molecule has 1 heteroatoms. The number of fused-ring (bicyclic) bond motifs is 1. The van der Waals surface area contributed by atoms with E-state index in [1.807, 2.05) is 0 Å². The molecule has 2 aliphatic heterocycles. The standard InChI is InChI=1S/C9H7N/c1-2-7-4-8-3-6(1)9(7)5-10-8/h1-3H,4-5H2. The molecule has 2 heterocycles. The van der Waals surface area contributed by atoms with Crippen LogP contribution in [0.3, 0.4) is 0 Å². The molecule has 0 atom stereocenters. The van der Waals surface area contributed by atoms with Crippen LogP contribution in [0.25, 0.3) is 0 Å². The molecule has 0 aromatic rings. The van der Waals surface area contributed by atoms with Gasteiger partial charge in [-0.05, 0) is 22.8 Å². The Bertz CT molecular complexity index is 324. The smallest absolute Gasteiger partial charge is 0.0651 e. The first kappa shape index (κ1) is 4.67. The van der Waals surface area contributed by atoms with E-state index in [1.165, 1.54) is 22.4 Å². The van der Waals surface area contributed by atoms with Crippen LogP contribution >= 0.6 is 0 Å². The molecule has 10 heavy (non-hydrogen) atoms. The summed E-state index contributed by atoms with van der Waals surface area (Å²) in [5.41, 5.74) is 5.65. The largest absolute Gasteiger partial charge is 0.285 e. The second-order valence-electron chi connectivity index (χ2n) is 2.92. The third-order valence-electron chi connectivity index (χ3n) is 2.33. The topological polar surface area (TPSA) is 12.4 Å². The molecular weight excluding hydrogens is 122 g/mol. The van der Waals surface area contributed by atoms with Crippen molar-refractivity contribution < 1.29 is 0 Å². The van der Waals surface area contributed by atoms with E-state index in [0.717, 1.165) is 13.0 Å². The highest BCUT2D eigenvalue weighted by atomic mass is 14.8. The summed E-state index contributed by atoms with van der Waals surface area (Å²) in [6.07, 6.45) is 7.70. The number of allylic oxidation sites excluding steroid dienone is 4. The van der Waals surface area contributed by atoms with E-state index in [9.17, 15) is 0 Å². The molecule has 2 aliphatic carbocycles. The predicted octanol–water partition coefficient (Wildman–Crippen LogP) is 1.64. The molecule has 0 unspecified atom stereocenters. The van der Waals surface area contributed by atoms with Gasteiger partial charge in [-0.3, -0.25) is 4.99 Å². The normalized spacial score (nSPS) is 25.6. The maximum absolute atomic E-state index is 4.38. The fraction of sp³-hybridized carbons (Fsp3) is 0.222. The lowest BCUT2D eigenvalue weighted by atomic mass is 9.92. The second kappa shape index (κ2) is 1.31. The van der Waals surface area contributed by atoms with Gasteiger partial charge in [-0.1, -0.05) is 12.2 Å². The van der Waals surface area contributed by atoms with Crippen molar-refractivity contribution in [3.05, 3.63) is 34.9 Å². The van der Waals surface area contributed by atoms with Crippen LogP contribution in [0, 0.1) is 0 Å². The van der Waals surface area contributed by atoms with Crippen LogP contribution < -0.4 is 0 Å². The van der Waals surface area contributed by atoms with Gasteiger partial charge in [-0.2, -0.15) is 0 Å². The van der Waals surface area contributed by atoms with Crippen LogP contribution in [0.2, 0.25) is 0 Å². The lowest BCUT2D eigenvalue weighted by Gasteiger charge is -2.19. The first-order chi connectivity index (χ1) is 4.93. The van der Waals surface area contributed by atoms with E-state index >= 15 is 0 Å². The van der Waals surface area contributed by atoms with E-state index in [-0.39, 0.29) is 0 Å². The van der Waals surface area contributed by atoms with Gasteiger partial charge in [0, 0.05) is 12.1 Å². The van der Waals surface area contributed by atoms with Crippen LogP contribution in [0.4, 0.5) is 0 Å². The Morgan fingerprint density at radius 1 is 1.30 bits per heavy atom. The van der Waals surface area contributed by atoms with Crippen molar-refractivity contribution in [2.24, 2.45) is 4.99 Å². The molecule has 48 valence electrons. The fourth-order valence-electron chi connectivity index (χ4n) is 1.78. The van der Waals surface area contributed by atoms with Crippen LogP contribution in [0.15, 0.2) is 39.9 Å². The average molecular weight is 129 g/mol. The van der Waals surface area contributed by atoms with Gasteiger partial charge in [0.2, 0.25) is 0 Å². The van der Waals surface area contributed by atoms with Gasteiger partial charge in [0.25, 0.3) is 0 Å². The van der Waals surface area contributed by atoms with E-state index < -0.39 is 0 Å². The van der Waals surface area contributed by atoms with E-state index in [4.69, 9.17) is 0 Å². The minimum atomic E-state index is 0.934. The van der Waals surface area contributed by atoms with Crippen molar-refractivity contribution in [2.75, 3.05) is 6.54 Å². The monoisotopic (exact) mass is 129 g/mol. The number of hydrogen-bond acceptors (Lipinski definition) is 1. The summed E-state index contributed by atoms with van der Waals surface area (Å²) in [6, 6.07) is 0. The van der Waals surface area contributed by atoms with E-state index in [2.05, 4.69) is 23.2 Å². The minimum Gasteiger partial charge on any atom is -0.285 e. The zero-order chi connectivity index (χ0) is 6.55. The summed E-state index contributed by atoms with van der Waals surface area (Å²) in [5.74, 6) is 0. The van der Waals surface area contributed by atoms with Crippen molar-refractivity contribution in [3.8, 4) is 0 Å². The van der Waals surface area contributed by atoms with E-state index in [1.54, 1.807) is 0 Å². The Hall–Kier alpha value is -1.11. The quantitative estimate of drug-likeness (QED) is 0.471. The van der Waals surface area contributed by atoms with Crippen LogP contribution in [-0.4, -0.2) is 12.3 Å². The number of aliphatic imine (C=N–C) groups is 1. The van der Waals surface area contributed by atoms with Gasteiger partial charge in [-0.25, -0.2) is 0 Å². The first-order valence-corrected chi connectivity index (χ1v) is 3.59. The average Bonchev–Trinajstić information content (AvgIpc) is 2.29. The Labute approximate surface area is 59.5 Å². The highest BCUT2D eigenvalue weighted by Gasteiger charge is 2.23. The molecule has 4 aliphatic rings. The maximum Gasteiger partial charge on any atom is 0.0651 e. The van der Waals surface area contributed by atoms with Gasteiger partial charge in [0.1, 0.15) is 0 Å². The van der Waals surface area contributed by atoms with Crippen molar-refractivity contribution in [1.29, 1.82) is 0 Å². The second-order valence-corrected chi connectivity index (χ2v) is 2.92. The molecular formula is C9H7N. The molecule has 0 amide bonds. The van der Waals surface area contributed by atoms with Crippen molar-refractivity contribution in [3.63, 3.8) is 0 Å². The van der Waals surface area contributed by atoms with Gasteiger partial charge in [0.15, 0.2) is 0 Å². The Morgan fingerprint density at radius 3 is 3.00 bits per heavy atom. The highest BCUT2D eigenvalue weighted by Crippen LogP contribution is 2.35. The lowest BCUT2D eigenvalue weighted by Crippen LogP contribution is -2.12. The molecule has 0 radical (unpaired) electrons. The summed E-state index contributed by atoms with van der Waals surface area (Å²) in [5, 5.41) is 0. The van der Waals surface area contributed by atoms with Crippen molar-refractivity contribution in [2.45, 2.75) is 6.42 Å². The van der Waals surface area contributed by atoms with Gasteiger partial charge in [-0.15, -0.1) is 0 Å². The van der Waals surface area contributed by atoms with Gasteiger partial charge < -0.3 is 0 Å². The summed E-state index contributed by atoms with van der Waals surface area (Å²) in [6.45, 7) is 0.934. The number of rotatable bonds is 0. The molecule has 0 aromatic carbocycles. The fourth-order valence-corrected chi connectivity index (χ4v) is 1.78. The van der Waals surface area contributed by atoms with Gasteiger partial charge in [0.05, 0.1) is 6.54 Å². The SMILES string of the molecule is C1=CC2=C3CN=C(C=C13)C2. The Morgan fingerprint density at radius 2 is 2.30 bits per heavy atom. The number of dihydropyridines is 1. The highest BCUT2D eigenvalue weighted by molar-refractivity contribution is 6.03. The number of nitrogens with zero attached hydrogens (tertiary/aromatic N) is 1. The Kier molecular flexibility index (Phi) is 0.613. The molecule has 0 aromatic heterocycles. The first-order valence-electron chi connectivity index (χ1n) is 3.59. The van der Waals surface area contributed by atoms with Crippen LogP contribution in [-0.2, 0) is 0 Å². The lowest BCUT2D eigenvalue weighted by molar-refractivity contribution is 1.06. The summed E-state index contributed by atoms with van der Waals surface area (Å²) in [7, 11) is 0. The van der Waals surface area contributed by atoms with Crippen LogP contribution in [0.1, 0.15) is 6.42 Å². The van der Waals surface area contributed by atoms with Gasteiger partial charge >= 0.3 is 0 Å². The minimum absolute atomic E-state index is 0.934. The predicted molar refractivity (Wildman–Crippen MR) is 41.2 cm³/mol. The van der Waals surface area contributed by atoms with Crippen molar-refractivity contribution in [1.82, 2.24) is 0 Å². The molecule has 0 saturated carbocycles. The molecule has 0 spiro atoms. The molecule has 0 N–H and O–H groups in total. The summed E-state index contributed by atoms with van der Waals surface area (Å²) >= 11 is 0. The summed E-state index contributed by atoms with van der Waals surface area (Å²) in [4.78, 5) is 4.38. The summed E-state index contributed by atoms with van der Waals surface area (Å²) < 4.78 is 0. The zero-order valence-electron chi connectivity index (χ0n) is 5.59. The third kappa shape index (κ3) is 0.386. The molecule has 0 saturated heterocycles. The third-order valence-corrected chi connectivity index (χ3v) is 2.33. The Balaban J connectivity index is 2.36. The molecule has 0 fully saturated rings. The molecule has 4 rings (SSSR count). The molecule has 4 bridgehead atoms. The molecule has 1 nitrogen and oxygen atoms in total. The zero-order valence-corrected chi connectivity index (χ0v) is 5.59. The number of hydrogen-bond donors (Lipinski definition) is 0. The van der Waals surface area contributed by atoms with Crippen LogP contribution in [0.5, 0.6) is 0 Å².